The summed E-state index contributed by atoms with van der Waals surface area (Å²) < 4.78 is 107. The minimum absolute atomic E-state index is 0.379. The molecule has 0 aromatic rings. The molecule has 0 aromatic heterocycles. The van der Waals surface area contributed by atoms with Crippen molar-refractivity contribution in [1.82, 2.24) is 0 Å². The second-order valence-electron chi connectivity index (χ2n) is 3.94. The molecule has 0 aliphatic rings. The molecule has 0 atom stereocenters. The number of primary sulfonamides is 1. The molecule has 0 aliphatic carbocycles. The highest BCUT2D eigenvalue weighted by Gasteiger charge is 2.63. The predicted molar refractivity (Wildman–Crippen MR) is 52.1 cm³/mol. The second kappa shape index (κ2) is 5.81. The summed E-state index contributed by atoms with van der Waals surface area (Å²) in [6.07, 6.45) is -8.78. The van der Waals surface area contributed by atoms with Crippen LogP contribution in [0.3, 0.4) is 0 Å². The van der Waals surface area contributed by atoms with Gasteiger partial charge in [-0.05, 0) is 12.8 Å². The molecule has 0 aliphatic heterocycles. The molecular formula is C8H12F7NO2S. The Morgan fingerprint density at radius 3 is 1.58 bits per heavy atom. The third-order valence-corrected chi connectivity index (χ3v) is 3.25. The third kappa shape index (κ3) is 5.51. The Kier molecular flexibility index (Phi) is 5.64. The lowest BCUT2D eigenvalue weighted by molar-refractivity contribution is -0.162. The largest absolute Gasteiger partial charge is 0.420 e. The van der Waals surface area contributed by atoms with Crippen molar-refractivity contribution in [3.05, 3.63) is 0 Å². The van der Waals surface area contributed by atoms with Crippen molar-refractivity contribution in [2.24, 2.45) is 5.14 Å². The fraction of sp³-hybridized carbons (Fsp3) is 1.00. The highest BCUT2D eigenvalue weighted by atomic mass is 32.2. The lowest BCUT2D eigenvalue weighted by Crippen LogP contribution is -2.50. The fourth-order valence-corrected chi connectivity index (χ4v) is 1.72. The Hall–Kier alpha value is -0.580. The molecule has 0 fully saturated rings. The molecule has 3 nitrogen and oxygen atoms in total. The highest BCUT2D eigenvalue weighted by Crippen LogP contribution is 2.41. The van der Waals surface area contributed by atoms with Gasteiger partial charge in [0.1, 0.15) is 0 Å². The molecular weight excluding hydrogens is 307 g/mol. The Morgan fingerprint density at radius 1 is 0.789 bits per heavy atom. The molecule has 2 N–H and O–H groups in total. The van der Waals surface area contributed by atoms with Crippen molar-refractivity contribution in [2.45, 2.75) is 49.5 Å². The van der Waals surface area contributed by atoms with E-state index in [4.69, 9.17) is 0 Å². The molecule has 0 saturated heterocycles. The Bertz CT molecular complexity index is 390. The van der Waals surface area contributed by atoms with Crippen LogP contribution in [-0.4, -0.2) is 25.8 Å². The standard InChI is InChI=1S/C8H12F7NO2S/c9-6(10,8(14,15)19(16,17)18)4-2-1-3-5-7(11,12)13/h1-5H2,(H2,16,17,18). The maximum absolute atomic E-state index is 12.9. The van der Waals surface area contributed by atoms with E-state index in [-0.39, 0.29) is 6.42 Å². The van der Waals surface area contributed by atoms with E-state index in [1.807, 2.05) is 0 Å². The minimum Gasteiger partial charge on any atom is -0.223 e. The maximum Gasteiger partial charge on any atom is 0.420 e. The van der Waals surface area contributed by atoms with Crippen LogP contribution in [0.2, 0.25) is 0 Å². The van der Waals surface area contributed by atoms with Crippen LogP contribution in [-0.2, 0) is 10.0 Å². The van der Waals surface area contributed by atoms with Crippen LogP contribution < -0.4 is 5.14 Å². The molecule has 0 amide bonds. The van der Waals surface area contributed by atoms with Crippen molar-refractivity contribution >= 4 is 10.0 Å². The van der Waals surface area contributed by atoms with E-state index in [0.29, 0.717) is 0 Å². The van der Waals surface area contributed by atoms with Gasteiger partial charge in [0.2, 0.25) is 0 Å². The van der Waals surface area contributed by atoms with E-state index in [1.54, 1.807) is 0 Å². The first-order valence-electron chi connectivity index (χ1n) is 5.05. The Balaban J connectivity index is 4.34. The molecule has 116 valence electrons. The summed E-state index contributed by atoms with van der Waals surface area (Å²) in [7, 11) is -5.79. The predicted octanol–water partition coefficient (Wildman–Crippen LogP) is 3.02. The molecule has 11 heteroatoms. The first kappa shape index (κ1) is 18.4. The van der Waals surface area contributed by atoms with E-state index < -0.39 is 53.1 Å². The van der Waals surface area contributed by atoms with Gasteiger partial charge in [0.15, 0.2) is 0 Å². The van der Waals surface area contributed by atoms with Gasteiger partial charge in [-0.15, -0.1) is 0 Å². The van der Waals surface area contributed by atoms with Gasteiger partial charge in [-0.25, -0.2) is 13.6 Å². The van der Waals surface area contributed by atoms with Crippen LogP contribution in [0.15, 0.2) is 0 Å². The zero-order valence-electron chi connectivity index (χ0n) is 9.48. The van der Waals surface area contributed by atoms with E-state index in [2.05, 4.69) is 5.14 Å². The molecule has 0 bridgehead atoms. The second-order valence-corrected chi connectivity index (χ2v) is 5.54. The molecule has 0 unspecified atom stereocenters. The first-order valence-corrected chi connectivity index (χ1v) is 6.60. The molecule has 0 heterocycles. The number of halogens is 7. The summed E-state index contributed by atoms with van der Waals surface area (Å²) in [6, 6.07) is 0. The van der Waals surface area contributed by atoms with E-state index >= 15 is 0 Å². The third-order valence-electron chi connectivity index (χ3n) is 2.23. The molecule has 0 radical (unpaired) electrons. The van der Waals surface area contributed by atoms with Gasteiger partial charge >= 0.3 is 17.4 Å². The topological polar surface area (TPSA) is 60.2 Å². The number of hydrogen-bond donors (Lipinski definition) is 1. The van der Waals surface area contributed by atoms with E-state index in [9.17, 15) is 39.2 Å². The molecule has 0 spiro atoms. The quantitative estimate of drug-likeness (QED) is 0.579. The number of alkyl halides is 7. The lowest BCUT2D eigenvalue weighted by atomic mass is 10.1. The van der Waals surface area contributed by atoms with Crippen LogP contribution >= 0.6 is 0 Å². The van der Waals surface area contributed by atoms with Gasteiger partial charge in [0, 0.05) is 12.8 Å². The molecule has 0 saturated carbocycles. The molecule has 0 rings (SSSR count). The van der Waals surface area contributed by atoms with Crippen LogP contribution in [0.25, 0.3) is 0 Å². The zero-order valence-corrected chi connectivity index (χ0v) is 10.3. The lowest BCUT2D eigenvalue weighted by Gasteiger charge is -2.24. The first-order chi connectivity index (χ1) is 8.21. The van der Waals surface area contributed by atoms with Gasteiger partial charge in [0.25, 0.3) is 10.0 Å². The molecule has 0 aromatic carbocycles. The Labute approximate surface area is 105 Å². The van der Waals surface area contributed by atoms with Crippen molar-refractivity contribution in [3.8, 4) is 0 Å². The van der Waals surface area contributed by atoms with Gasteiger partial charge in [-0.1, -0.05) is 6.42 Å². The summed E-state index contributed by atoms with van der Waals surface area (Å²) in [6.45, 7) is 0. The van der Waals surface area contributed by atoms with Crippen LogP contribution in [0.4, 0.5) is 30.7 Å². The van der Waals surface area contributed by atoms with Crippen LogP contribution in [0.5, 0.6) is 0 Å². The van der Waals surface area contributed by atoms with Crippen molar-refractivity contribution in [2.75, 3.05) is 0 Å². The summed E-state index contributed by atoms with van der Waals surface area (Å²) >= 11 is 0. The van der Waals surface area contributed by atoms with Gasteiger partial charge < -0.3 is 0 Å². The van der Waals surface area contributed by atoms with E-state index in [0.717, 1.165) is 0 Å². The summed E-state index contributed by atoms with van der Waals surface area (Å²) in [4.78, 5) is 0. The van der Waals surface area contributed by atoms with Crippen molar-refractivity contribution in [3.63, 3.8) is 0 Å². The number of nitrogens with two attached hydrogens (primary N) is 1. The minimum atomic E-state index is -5.79. The van der Waals surface area contributed by atoms with Gasteiger partial charge in [-0.2, -0.15) is 30.7 Å². The number of rotatable bonds is 7. The van der Waals surface area contributed by atoms with E-state index in [1.165, 1.54) is 0 Å². The normalized spacial score (nSPS) is 14.7. The summed E-state index contributed by atoms with van der Waals surface area (Å²) in [5.41, 5.74) is 0. The maximum atomic E-state index is 12.9. The molecule has 19 heavy (non-hydrogen) atoms. The fourth-order valence-electron chi connectivity index (χ4n) is 1.20. The Morgan fingerprint density at radius 2 is 1.21 bits per heavy atom. The van der Waals surface area contributed by atoms with Crippen molar-refractivity contribution < 1.29 is 39.2 Å². The summed E-state index contributed by atoms with van der Waals surface area (Å²) in [5.74, 6) is -4.92. The highest BCUT2D eigenvalue weighted by molar-refractivity contribution is 7.90. The van der Waals surface area contributed by atoms with Crippen molar-refractivity contribution in [1.29, 1.82) is 0 Å². The van der Waals surface area contributed by atoms with Gasteiger partial charge in [-0.3, -0.25) is 0 Å². The average molecular weight is 319 g/mol. The van der Waals surface area contributed by atoms with Gasteiger partial charge in [0.05, 0.1) is 0 Å². The summed E-state index contributed by atoms with van der Waals surface area (Å²) in [5, 5.41) is -1.46. The smallest absolute Gasteiger partial charge is 0.223 e. The average Bonchev–Trinajstić information content (AvgIpc) is 2.12. The number of unbranched alkanes of at least 4 members (excludes halogenated alkanes) is 2. The zero-order chi connectivity index (χ0) is 15.5. The SMILES string of the molecule is NS(=O)(=O)C(F)(F)C(F)(F)CCCCCC(F)(F)F. The van der Waals surface area contributed by atoms with Crippen LogP contribution in [0.1, 0.15) is 32.1 Å². The number of hydrogen-bond acceptors (Lipinski definition) is 2. The van der Waals surface area contributed by atoms with Crippen LogP contribution in [0, 0.1) is 0 Å². The number of sulfonamides is 1. The monoisotopic (exact) mass is 319 g/mol.